The molecule has 2 aromatic heterocycles. The maximum atomic E-state index is 12.7. The molecule has 0 aliphatic carbocycles. The smallest absolute Gasteiger partial charge is 0.340 e. The number of aromatic nitrogens is 4. The summed E-state index contributed by atoms with van der Waals surface area (Å²) in [5.41, 5.74) is 2.37. The molecule has 0 atom stereocenters. The van der Waals surface area contributed by atoms with E-state index in [0.29, 0.717) is 11.3 Å². The molecule has 0 aliphatic heterocycles. The number of benzene rings is 2. The van der Waals surface area contributed by atoms with Crippen LogP contribution in [-0.4, -0.2) is 37.0 Å². The molecule has 0 spiro atoms. The van der Waals surface area contributed by atoms with Crippen molar-refractivity contribution in [3.05, 3.63) is 90.5 Å². The van der Waals surface area contributed by atoms with Crippen molar-refractivity contribution >= 4 is 29.3 Å². The molecule has 0 aliphatic rings. The standard InChI is InChI=1S/C23H21N5O3S/c1-27-12-11-24-23(27)32-16-21(29)26-20-10-6-5-9-19(20)22(30)31-15-17-13-25-28(14-17)18-7-3-2-4-8-18/h2-14H,15-16H2,1H3,(H,26,29). The number of nitrogens with zero attached hydrogens (tertiary/aromatic N) is 4. The van der Waals surface area contributed by atoms with Gasteiger partial charge in [-0.05, 0) is 24.3 Å². The molecule has 0 unspecified atom stereocenters. The highest BCUT2D eigenvalue weighted by atomic mass is 32.2. The number of aryl methyl sites for hydroxylation is 1. The van der Waals surface area contributed by atoms with Gasteiger partial charge in [0, 0.05) is 31.2 Å². The van der Waals surface area contributed by atoms with Gasteiger partial charge in [-0.1, -0.05) is 42.1 Å². The number of anilines is 1. The highest BCUT2D eigenvalue weighted by Crippen LogP contribution is 2.19. The lowest BCUT2D eigenvalue weighted by Gasteiger charge is -2.10. The van der Waals surface area contributed by atoms with Gasteiger partial charge in [0.25, 0.3) is 0 Å². The zero-order valence-electron chi connectivity index (χ0n) is 17.3. The fraction of sp³-hybridized carbons (Fsp3) is 0.130. The summed E-state index contributed by atoms with van der Waals surface area (Å²) in [6, 6.07) is 16.4. The second kappa shape index (κ2) is 9.97. The summed E-state index contributed by atoms with van der Waals surface area (Å²) in [7, 11) is 1.86. The van der Waals surface area contributed by atoms with E-state index in [1.807, 2.05) is 54.3 Å². The summed E-state index contributed by atoms with van der Waals surface area (Å²) in [5, 5.41) is 7.82. The molecule has 0 bridgehead atoms. The largest absolute Gasteiger partial charge is 0.457 e. The Hall–Kier alpha value is -3.85. The van der Waals surface area contributed by atoms with Crippen molar-refractivity contribution in [1.29, 1.82) is 0 Å². The third-order valence-electron chi connectivity index (χ3n) is 4.56. The van der Waals surface area contributed by atoms with Crippen molar-refractivity contribution in [2.24, 2.45) is 7.05 Å². The number of nitrogens with one attached hydrogen (secondary N) is 1. The molecule has 2 aromatic carbocycles. The van der Waals surface area contributed by atoms with Gasteiger partial charge < -0.3 is 14.6 Å². The van der Waals surface area contributed by atoms with Crippen molar-refractivity contribution in [2.75, 3.05) is 11.1 Å². The van der Waals surface area contributed by atoms with Crippen LogP contribution in [0.3, 0.4) is 0 Å². The number of carbonyl (C=O) groups is 2. The summed E-state index contributed by atoms with van der Waals surface area (Å²) in [6.45, 7) is 0.0724. The fourth-order valence-electron chi connectivity index (χ4n) is 2.96. The number of esters is 1. The maximum Gasteiger partial charge on any atom is 0.340 e. The minimum Gasteiger partial charge on any atom is -0.457 e. The van der Waals surface area contributed by atoms with Crippen molar-refractivity contribution < 1.29 is 14.3 Å². The third-order valence-corrected chi connectivity index (χ3v) is 5.62. The van der Waals surface area contributed by atoms with Crippen LogP contribution in [0.15, 0.2) is 84.5 Å². The second-order valence-corrected chi connectivity index (χ2v) is 7.85. The summed E-state index contributed by atoms with van der Waals surface area (Å²) in [4.78, 5) is 29.2. The molecule has 1 amide bonds. The van der Waals surface area contributed by atoms with Crippen LogP contribution in [0, 0.1) is 0 Å². The van der Waals surface area contributed by atoms with Gasteiger partial charge in [-0.25, -0.2) is 14.5 Å². The van der Waals surface area contributed by atoms with E-state index >= 15 is 0 Å². The van der Waals surface area contributed by atoms with Gasteiger partial charge in [-0.3, -0.25) is 4.79 Å². The molecule has 0 saturated heterocycles. The van der Waals surface area contributed by atoms with Gasteiger partial charge in [0.15, 0.2) is 5.16 Å². The van der Waals surface area contributed by atoms with Gasteiger partial charge in [-0.15, -0.1) is 0 Å². The van der Waals surface area contributed by atoms with Gasteiger partial charge in [0.05, 0.1) is 28.9 Å². The first-order valence-corrected chi connectivity index (χ1v) is 10.8. The number of amides is 1. The molecule has 0 radical (unpaired) electrons. The van der Waals surface area contributed by atoms with E-state index in [1.165, 1.54) is 11.8 Å². The monoisotopic (exact) mass is 447 g/mol. The predicted molar refractivity (Wildman–Crippen MR) is 122 cm³/mol. The van der Waals surface area contributed by atoms with Crippen LogP contribution in [0.2, 0.25) is 0 Å². The number of para-hydroxylation sites is 2. The van der Waals surface area contributed by atoms with E-state index in [4.69, 9.17) is 4.74 Å². The van der Waals surface area contributed by atoms with Crippen molar-refractivity contribution in [1.82, 2.24) is 19.3 Å². The van der Waals surface area contributed by atoms with Crippen molar-refractivity contribution in [3.8, 4) is 5.69 Å². The average Bonchev–Trinajstić information content (AvgIpc) is 3.46. The molecule has 8 nitrogen and oxygen atoms in total. The number of ether oxygens (including phenoxy) is 1. The Kier molecular flexibility index (Phi) is 6.66. The number of thioether (sulfide) groups is 1. The van der Waals surface area contributed by atoms with Crippen LogP contribution in [0.4, 0.5) is 5.69 Å². The number of rotatable bonds is 8. The molecule has 0 saturated carbocycles. The molecule has 1 N–H and O–H groups in total. The highest BCUT2D eigenvalue weighted by Gasteiger charge is 2.15. The molecular formula is C23H21N5O3S. The zero-order chi connectivity index (χ0) is 22.3. The molecule has 162 valence electrons. The molecule has 32 heavy (non-hydrogen) atoms. The van der Waals surface area contributed by atoms with Gasteiger partial charge in [-0.2, -0.15) is 5.10 Å². The van der Waals surface area contributed by atoms with Crippen LogP contribution in [-0.2, 0) is 23.2 Å². The van der Waals surface area contributed by atoms with E-state index in [1.54, 1.807) is 41.3 Å². The maximum absolute atomic E-state index is 12.7. The van der Waals surface area contributed by atoms with Gasteiger partial charge in [0.2, 0.25) is 5.91 Å². The molecule has 2 heterocycles. The Morgan fingerprint density at radius 2 is 1.88 bits per heavy atom. The van der Waals surface area contributed by atoms with Crippen LogP contribution in [0.1, 0.15) is 15.9 Å². The number of carbonyl (C=O) groups excluding carboxylic acids is 2. The summed E-state index contributed by atoms with van der Waals surface area (Å²) in [5.74, 6) is -0.583. The minimum absolute atomic E-state index is 0.0724. The van der Waals surface area contributed by atoms with Gasteiger partial charge in [0.1, 0.15) is 6.61 Å². The first-order chi connectivity index (χ1) is 15.6. The van der Waals surface area contributed by atoms with Crippen LogP contribution >= 0.6 is 11.8 Å². The first-order valence-electron chi connectivity index (χ1n) is 9.85. The Morgan fingerprint density at radius 3 is 2.66 bits per heavy atom. The lowest BCUT2D eigenvalue weighted by atomic mass is 10.2. The lowest BCUT2D eigenvalue weighted by molar-refractivity contribution is -0.113. The Labute approximate surface area is 189 Å². The quantitative estimate of drug-likeness (QED) is 0.327. The predicted octanol–water partition coefficient (Wildman–Crippen LogP) is 3.69. The van der Waals surface area contributed by atoms with Gasteiger partial charge >= 0.3 is 5.97 Å². The van der Waals surface area contributed by atoms with Crippen LogP contribution in [0.5, 0.6) is 0 Å². The fourth-order valence-corrected chi connectivity index (χ4v) is 3.69. The molecule has 9 heteroatoms. The second-order valence-electron chi connectivity index (χ2n) is 6.91. The SMILES string of the molecule is Cn1ccnc1SCC(=O)Nc1ccccc1C(=O)OCc1cnn(-c2ccccc2)c1. The van der Waals surface area contributed by atoms with Crippen LogP contribution in [0.25, 0.3) is 5.69 Å². The number of hydrogen-bond donors (Lipinski definition) is 1. The molecular weight excluding hydrogens is 426 g/mol. The van der Waals surface area contributed by atoms with E-state index in [9.17, 15) is 9.59 Å². The van der Waals surface area contributed by atoms with Crippen molar-refractivity contribution in [2.45, 2.75) is 11.8 Å². The third kappa shape index (κ3) is 5.25. The Bertz CT molecular complexity index is 1220. The van der Waals surface area contributed by atoms with Crippen LogP contribution < -0.4 is 5.32 Å². The lowest BCUT2D eigenvalue weighted by Crippen LogP contribution is -2.17. The van der Waals surface area contributed by atoms with E-state index in [-0.39, 0.29) is 18.3 Å². The minimum atomic E-state index is -0.523. The average molecular weight is 448 g/mol. The van der Waals surface area contributed by atoms with E-state index in [2.05, 4.69) is 15.4 Å². The topological polar surface area (TPSA) is 91.0 Å². The molecule has 4 aromatic rings. The number of hydrogen-bond acceptors (Lipinski definition) is 6. The summed E-state index contributed by atoms with van der Waals surface area (Å²) >= 11 is 1.32. The van der Waals surface area contributed by atoms with E-state index in [0.717, 1.165) is 16.4 Å². The summed E-state index contributed by atoms with van der Waals surface area (Å²) in [6.07, 6.45) is 6.96. The first kappa shape index (κ1) is 21.4. The Balaban J connectivity index is 1.35. The van der Waals surface area contributed by atoms with E-state index < -0.39 is 5.97 Å². The van der Waals surface area contributed by atoms with Crippen molar-refractivity contribution in [3.63, 3.8) is 0 Å². The molecule has 0 fully saturated rings. The normalized spacial score (nSPS) is 10.7. The highest BCUT2D eigenvalue weighted by molar-refractivity contribution is 7.99. The Morgan fingerprint density at radius 1 is 1.09 bits per heavy atom. The zero-order valence-corrected chi connectivity index (χ0v) is 18.2. The molecule has 4 rings (SSSR count). The summed E-state index contributed by atoms with van der Waals surface area (Å²) < 4.78 is 9.01. The number of imidazole rings is 1.